The minimum absolute atomic E-state index is 0.0833. The molecule has 1 aromatic carbocycles. The maximum Gasteiger partial charge on any atom is 0.264 e. The summed E-state index contributed by atoms with van der Waals surface area (Å²) >= 11 is 1.20. The summed E-state index contributed by atoms with van der Waals surface area (Å²) in [5.41, 5.74) is 0.808. The molecular formula is C24H28FN5O3S. The molecule has 0 saturated carbocycles. The molecule has 0 N–H and O–H groups in total. The van der Waals surface area contributed by atoms with Crippen LogP contribution in [0, 0.1) is 12.7 Å². The van der Waals surface area contributed by atoms with E-state index in [4.69, 9.17) is 0 Å². The van der Waals surface area contributed by atoms with E-state index in [1.54, 1.807) is 34.9 Å². The Bertz CT molecular complexity index is 1280. The van der Waals surface area contributed by atoms with Crippen LogP contribution in [-0.4, -0.2) is 70.4 Å². The fourth-order valence-corrected chi connectivity index (χ4v) is 5.41. The van der Waals surface area contributed by atoms with E-state index in [0.717, 1.165) is 0 Å². The number of rotatable bonds is 6. The topological polar surface area (TPSA) is 78.8 Å². The van der Waals surface area contributed by atoms with E-state index >= 15 is 0 Å². The highest BCUT2D eigenvalue weighted by molar-refractivity contribution is 7.20. The van der Waals surface area contributed by atoms with Crippen molar-refractivity contribution < 1.29 is 14.0 Å². The predicted molar refractivity (Wildman–Crippen MR) is 131 cm³/mol. The predicted octanol–water partition coefficient (Wildman–Crippen LogP) is 2.74. The molecule has 34 heavy (non-hydrogen) atoms. The van der Waals surface area contributed by atoms with Crippen molar-refractivity contribution in [2.45, 2.75) is 27.3 Å². The molecule has 3 aromatic rings. The van der Waals surface area contributed by atoms with Crippen LogP contribution in [0.5, 0.6) is 0 Å². The Morgan fingerprint density at radius 2 is 1.79 bits per heavy atom. The average molecular weight is 486 g/mol. The fraction of sp³-hybridized carbons (Fsp3) is 0.417. The highest BCUT2D eigenvalue weighted by Gasteiger charge is 2.27. The minimum atomic E-state index is -0.317. The monoisotopic (exact) mass is 485 g/mol. The lowest BCUT2D eigenvalue weighted by molar-refractivity contribution is -0.131. The van der Waals surface area contributed by atoms with Gasteiger partial charge in [0.1, 0.15) is 17.2 Å². The first kappa shape index (κ1) is 23.9. The number of halogens is 1. The third kappa shape index (κ3) is 4.42. The Morgan fingerprint density at radius 1 is 1.12 bits per heavy atom. The molecule has 2 amide bonds. The van der Waals surface area contributed by atoms with Crippen LogP contribution in [0.1, 0.15) is 29.1 Å². The van der Waals surface area contributed by atoms with Gasteiger partial charge in [0.25, 0.3) is 11.5 Å². The number of carbonyl (C=O) groups is 2. The lowest BCUT2D eigenvalue weighted by Crippen LogP contribution is -2.49. The molecule has 3 heterocycles. The van der Waals surface area contributed by atoms with Crippen molar-refractivity contribution in [1.29, 1.82) is 0 Å². The Kier molecular flexibility index (Phi) is 6.97. The normalized spacial score (nSPS) is 14.0. The molecule has 4 rings (SSSR count). The molecule has 1 saturated heterocycles. The molecule has 1 fully saturated rings. The van der Waals surface area contributed by atoms with E-state index in [2.05, 4.69) is 4.98 Å². The molecule has 0 unspecified atom stereocenters. The van der Waals surface area contributed by atoms with Crippen molar-refractivity contribution in [3.05, 3.63) is 57.2 Å². The fourth-order valence-electron chi connectivity index (χ4n) is 4.30. The van der Waals surface area contributed by atoms with Crippen molar-refractivity contribution in [3.8, 4) is 0 Å². The number of likely N-dealkylation sites (N-methyl/N-ethyl adjacent to an activating group) is 1. The number of amides is 2. The van der Waals surface area contributed by atoms with Crippen LogP contribution in [0.2, 0.25) is 0 Å². The molecule has 0 spiro atoms. The van der Waals surface area contributed by atoms with Gasteiger partial charge in [0.15, 0.2) is 0 Å². The van der Waals surface area contributed by atoms with Gasteiger partial charge in [0.2, 0.25) is 5.91 Å². The Hall–Kier alpha value is -3.27. The molecule has 1 aliphatic rings. The molecule has 8 nitrogen and oxygen atoms in total. The summed E-state index contributed by atoms with van der Waals surface area (Å²) < 4.78 is 15.4. The number of para-hydroxylation sites is 1. The highest BCUT2D eigenvalue weighted by atomic mass is 32.1. The molecular weight excluding hydrogens is 457 g/mol. The third-order valence-electron chi connectivity index (χ3n) is 6.29. The molecule has 10 heteroatoms. The van der Waals surface area contributed by atoms with Gasteiger partial charge in [-0.3, -0.25) is 19.0 Å². The first-order valence-corrected chi connectivity index (χ1v) is 12.2. The van der Waals surface area contributed by atoms with Crippen molar-refractivity contribution in [1.82, 2.24) is 19.4 Å². The molecule has 1 aliphatic heterocycles. The van der Waals surface area contributed by atoms with E-state index in [1.807, 2.05) is 18.7 Å². The van der Waals surface area contributed by atoms with Gasteiger partial charge in [-0.15, -0.1) is 11.3 Å². The van der Waals surface area contributed by atoms with Gasteiger partial charge < -0.3 is 14.7 Å². The molecule has 0 aliphatic carbocycles. The van der Waals surface area contributed by atoms with Crippen molar-refractivity contribution in [3.63, 3.8) is 0 Å². The number of aromatic nitrogens is 2. The number of fused-ring (bicyclic) bond motifs is 1. The van der Waals surface area contributed by atoms with Gasteiger partial charge in [0, 0.05) is 39.3 Å². The lowest BCUT2D eigenvalue weighted by atomic mass is 10.2. The quantitative estimate of drug-likeness (QED) is 0.537. The summed E-state index contributed by atoms with van der Waals surface area (Å²) in [6.45, 7) is 8.55. The summed E-state index contributed by atoms with van der Waals surface area (Å²) in [5, 5.41) is 0.383. The minimum Gasteiger partial charge on any atom is -0.366 e. The molecule has 180 valence electrons. The zero-order chi connectivity index (χ0) is 24.4. The summed E-state index contributed by atoms with van der Waals surface area (Å²) in [6.07, 6.45) is 1.38. The first-order chi connectivity index (χ1) is 16.3. The van der Waals surface area contributed by atoms with Crippen molar-refractivity contribution in [2.75, 3.05) is 44.2 Å². The third-order valence-corrected chi connectivity index (χ3v) is 7.48. The van der Waals surface area contributed by atoms with Crippen LogP contribution >= 0.6 is 11.3 Å². The van der Waals surface area contributed by atoms with Gasteiger partial charge in [-0.05, 0) is 38.5 Å². The molecule has 0 bridgehead atoms. The number of benzene rings is 1. The first-order valence-electron chi connectivity index (χ1n) is 11.4. The largest absolute Gasteiger partial charge is 0.366 e. The number of hydrogen-bond donors (Lipinski definition) is 0. The Balaban J connectivity index is 1.53. The smallest absolute Gasteiger partial charge is 0.264 e. The summed E-state index contributed by atoms with van der Waals surface area (Å²) in [7, 11) is 0. The van der Waals surface area contributed by atoms with Crippen molar-refractivity contribution in [2.24, 2.45) is 0 Å². The SMILES string of the molecule is CCN(CC)C(=O)Cn1cnc2sc(C(=O)N3CCN(c4ccccc4F)CC3)c(C)c2c1=O. The van der Waals surface area contributed by atoms with Gasteiger partial charge in [-0.25, -0.2) is 9.37 Å². The lowest BCUT2D eigenvalue weighted by Gasteiger charge is -2.36. The average Bonchev–Trinajstić information content (AvgIpc) is 3.18. The molecule has 2 aromatic heterocycles. The van der Waals surface area contributed by atoms with Gasteiger partial charge >= 0.3 is 0 Å². The second-order valence-corrected chi connectivity index (χ2v) is 9.21. The summed E-state index contributed by atoms with van der Waals surface area (Å²) in [5.74, 6) is -0.575. The maximum atomic E-state index is 14.1. The number of anilines is 1. The van der Waals surface area contributed by atoms with E-state index in [0.29, 0.717) is 65.6 Å². The van der Waals surface area contributed by atoms with E-state index in [-0.39, 0.29) is 29.7 Å². The van der Waals surface area contributed by atoms with Crippen LogP contribution in [0.25, 0.3) is 10.2 Å². The number of aryl methyl sites for hydroxylation is 1. The summed E-state index contributed by atoms with van der Waals surface area (Å²) in [6, 6.07) is 6.63. The van der Waals surface area contributed by atoms with Crippen molar-refractivity contribution >= 4 is 39.1 Å². The van der Waals surface area contributed by atoms with Crippen LogP contribution in [0.4, 0.5) is 10.1 Å². The van der Waals surface area contributed by atoms with Gasteiger partial charge in [0.05, 0.1) is 22.3 Å². The van der Waals surface area contributed by atoms with Gasteiger partial charge in [-0.1, -0.05) is 12.1 Å². The number of hydrogen-bond acceptors (Lipinski definition) is 6. The number of thiophene rings is 1. The molecule has 0 radical (unpaired) electrons. The zero-order valence-corrected chi connectivity index (χ0v) is 20.4. The van der Waals surface area contributed by atoms with Crippen LogP contribution < -0.4 is 10.5 Å². The maximum absolute atomic E-state index is 14.1. The highest BCUT2D eigenvalue weighted by Crippen LogP contribution is 2.29. The van der Waals surface area contributed by atoms with Gasteiger partial charge in [-0.2, -0.15) is 0 Å². The number of carbonyl (C=O) groups excluding carboxylic acids is 2. The second kappa shape index (κ2) is 9.92. The second-order valence-electron chi connectivity index (χ2n) is 8.21. The zero-order valence-electron chi connectivity index (χ0n) is 19.6. The van der Waals surface area contributed by atoms with E-state index in [1.165, 1.54) is 28.3 Å². The van der Waals surface area contributed by atoms with Crippen LogP contribution in [0.3, 0.4) is 0 Å². The summed E-state index contributed by atoms with van der Waals surface area (Å²) in [4.78, 5) is 49.5. The standard InChI is InChI=1S/C24H28FN5O3S/c1-4-27(5-2)19(31)14-30-15-26-22-20(23(30)32)16(3)21(34-22)24(33)29-12-10-28(11-13-29)18-9-7-6-8-17(18)25/h6-9,15H,4-5,10-14H2,1-3H3. The van der Waals surface area contributed by atoms with Crippen LogP contribution in [-0.2, 0) is 11.3 Å². The molecule has 0 atom stereocenters. The van der Waals surface area contributed by atoms with E-state index < -0.39 is 0 Å². The van der Waals surface area contributed by atoms with E-state index in [9.17, 15) is 18.8 Å². The number of nitrogens with zero attached hydrogens (tertiary/aromatic N) is 5. The van der Waals surface area contributed by atoms with Crippen LogP contribution in [0.15, 0.2) is 35.4 Å². The Labute approximate surface area is 201 Å². The Morgan fingerprint density at radius 3 is 2.44 bits per heavy atom. The number of piperazine rings is 1.